The number of anilines is 3. The molecule has 0 fully saturated rings. The fourth-order valence-electron chi connectivity index (χ4n) is 1.94. The van der Waals surface area contributed by atoms with Crippen molar-refractivity contribution in [3.63, 3.8) is 0 Å². The van der Waals surface area contributed by atoms with Gasteiger partial charge in [-0.2, -0.15) is 0 Å². The van der Waals surface area contributed by atoms with Crippen LogP contribution in [-0.4, -0.2) is 9.97 Å². The van der Waals surface area contributed by atoms with Crippen molar-refractivity contribution in [1.29, 1.82) is 0 Å². The van der Waals surface area contributed by atoms with Gasteiger partial charge in [0.15, 0.2) is 0 Å². The lowest BCUT2D eigenvalue weighted by Crippen LogP contribution is -1.97. The summed E-state index contributed by atoms with van der Waals surface area (Å²) in [6, 6.07) is 11.0. The lowest BCUT2D eigenvalue weighted by molar-refractivity contribution is 1.34. The van der Waals surface area contributed by atoms with Gasteiger partial charge in [-0.3, -0.25) is 0 Å². The number of aromatic amines is 1. The average Bonchev–Trinajstić information content (AvgIpc) is 2.75. The molecule has 1 heterocycles. The highest BCUT2D eigenvalue weighted by Gasteiger charge is 2.09. The van der Waals surface area contributed by atoms with Gasteiger partial charge in [-0.15, -0.1) is 0 Å². The first-order valence-corrected chi connectivity index (χ1v) is 5.55. The molecule has 0 atom stereocenters. The Kier molecular flexibility index (Phi) is 2.13. The standard InChI is InChI=1S/C13H13N5/c14-7-4-5-10-11(6-7)18-13(17-10)8-2-1-3-9(15)12(8)16/h1-6H,14-16H2,(H,17,18). The van der Waals surface area contributed by atoms with Crippen molar-refractivity contribution in [3.8, 4) is 11.4 Å². The molecule has 2 aromatic carbocycles. The number of nitrogens with two attached hydrogens (primary N) is 3. The Bertz CT molecular complexity index is 729. The molecule has 0 aliphatic rings. The molecule has 3 aromatic rings. The fourth-order valence-corrected chi connectivity index (χ4v) is 1.94. The summed E-state index contributed by atoms with van der Waals surface area (Å²) in [5, 5.41) is 0. The molecule has 0 amide bonds. The molecule has 0 aliphatic heterocycles. The quantitative estimate of drug-likeness (QED) is 0.487. The largest absolute Gasteiger partial charge is 0.399 e. The molecular formula is C13H13N5. The zero-order valence-corrected chi connectivity index (χ0v) is 9.64. The molecule has 1 aromatic heterocycles. The van der Waals surface area contributed by atoms with Crippen LogP contribution in [0.1, 0.15) is 0 Å². The molecule has 0 spiro atoms. The summed E-state index contributed by atoms with van der Waals surface area (Å²) in [5.74, 6) is 0.695. The van der Waals surface area contributed by atoms with Gasteiger partial charge in [0, 0.05) is 11.3 Å². The number of hydrogen-bond donors (Lipinski definition) is 4. The number of rotatable bonds is 1. The van der Waals surface area contributed by atoms with E-state index in [9.17, 15) is 0 Å². The van der Waals surface area contributed by atoms with Crippen LogP contribution in [0.25, 0.3) is 22.4 Å². The van der Waals surface area contributed by atoms with Crippen LogP contribution in [0.15, 0.2) is 36.4 Å². The van der Waals surface area contributed by atoms with Gasteiger partial charge in [0.2, 0.25) is 0 Å². The second-order valence-corrected chi connectivity index (χ2v) is 4.17. The molecule has 5 heteroatoms. The third-order valence-corrected chi connectivity index (χ3v) is 2.90. The number of fused-ring (bicyclic) bond motifs is 1. The van der Waals surface area contributed by atoms with E-state index >= 15 is 0 Å². The van der Waals surface area contributed by atoms with Crippen LogP contribution >= 0.6 is 0 Å². The van der Waals surface area contributed by atoms with E-state index in [4.69, 9.17) is 17.2 Å². The number of imidazole rings is 1. The molecule has 18 heavy (non-hydrogen) atoms. The van der Waals surface area contributed by atoms with Crippen molar-refractivity contribution in [3.05, 3.63) is 36.4 Å². The Morgan fingerprint density at radius 3 is 2.67 bits per heavy atom. The normalized spacial score (nSPS) is 10.9. The number of aromatic nitrogens is 2. The Hall–Kier alpha value is -2.69. The Morgan fingerprint density at radius 2 is 1.83 bits per heavy atom. The topological polar surface area (TPSA) is 107 Å². The number of benzene rings is 2. The monoisotopic (exact) mass is 239 g/mol. The molecule has 3 rings (SSSR count). The second-order valence-electron chi connectivity index (χ2n) is 4.17. The zero-order chi connectivity index (χ0) is 12.7. The van der Waals surface area contributed by atoms with Crippen molar-refractivity contribution >= 4 is 28.1 Å². The first-order valence-electron chi connectivity index (χ1n) is 5.55. The van der Waals surface area contributed by atoms with E-state index in [2.05, 4.69) is 9.97 Å². The van der Waals surface area contributed by atoms with Gasteiger partial charge in [-0.1, -0.05) is 6.07 Å². The molecule has 0 saturated carbocycles. The first-order chi connectivity index (χ1) is 8.65. The maximum atomic E-state index is 5.96. The van der Waals surface area contributed by atoms with Crippen LogP contribution < -0.4 is 17.2 Å². The number of hydrogen-bond acceptors (Lipinski definition) is 4. The molecule has 0 saturated heterocycles. The SMILES string of the molecule is Nc1ccc2nc(-c3cccc(N)c3N)[nH]c2c1. The van der Waals surface area contributed by atoms with Crippen LogP contribution in [0.4, 0.5) is 17.1 Å². The van der Waals surface area contributed by atoms with Crippen LogP contribution in [0, 0.1) is 0 Å². The third kappa shape index (κ3) is 1.53. The minimum atomic E-state index is 0.532. The van der Waals surface area contributed by atoms with Crippen LogP contribution in [0.5, 0.6) is 0 Å². The number of nitrogens with zero attached hydrogens (tertiary/aromatic N) is 1. The maximum Gasteiger partial charge on any atom is 0.140 e. The zero-order valence-electron chi connectivity index (χ0n) is 9.64. The van der Waals surface area contributed by atoms with Crippen molar-refractivity contribution in [1.82, 2.24) is 9.97 Å². The van der Waals surface area contributed by atoms with E-state index in [0.29, 0.717) is 22.9 Å². The smallest absolute Gasteiger partial charge is 0.140 e. The molecule has 90 valence electrons. The first kappa shape index (κ1) is 10.5. The third-order valence-electron chi connectivity index (χ3n) is 2.90. The Balaban J connectivity index is 2.22. The number of nitrogens with one attached hydrogen (secondary N) is 1. The van der Waals surface area contributed by atoms with E-state index in [1.54, 1.807) is 6.07 Å². The minimum absolute atomic E-state index is 0.532. The van der Waals surface area contributed by atoms with Gasteiger partial charge in [0.1, 0.15) is 5.82 Å². The molecule has 0 aliphatic carbocycles. The number of H-pyrrole nitrogens is 1. The summed E-state index contributed by atoms with van der Waals surface area (Å²) in [6.07, 6.45) is 0. The Morgan fingerprint density at radius 1 is 1.00 bits per heavy atom. The molecule has 5 nitrogen and oxygen atoms in total. The summed E-state index contributed by atoms with van der Waals surface area (Å²) in [5.41, 5.74) is 21.8. The number of nitrogen functional groups attached to an aromatic ring is 3. The highest BCUT2D eigenvalue weighted by Crippen LogP contribution is 2.29. The van der Waals surface area contributed by atoms with Crippen LogP contribution in [0.2, 0.25) is 0 Å². The van der Waals surface area contributed by atoms with E-state index in [0.717, 1.165) is 16.6 Å². The maximum absolute atomic E-state index is 5.96. The highest BCUT2D eigenvalue weighted by molar-refractivity contribution is 5.87. The summed E-state index contributed by atoms with van der Waals surface area (Å²) in [6.45, 7) is 0. The van der Waals surface area contributed by atoms with Gasteiger partial charge >= 0.3 is 0 Å². The van der Waals surface area contributed by atoms with Crippen LogP contribution in [-0.2, 0) is 0 Å². The number of para-hydroxylation sites is 1. The van der Waals surface area contributed by atoms with E-state index in [-0.39, 0.29) is 0 Å². The molecular weight excluding hydrogens is 226 g/mol. The van der Waals surface area contributed by atoms with Crippen molar-refractivity contribution in [2.45, 2.75) is 0 Å². The van der Waals surface area contributed by atoms with Crippen molar-refractivity contribution in [2.24, 2.45) is 0 Å². The highest BCUT2D eigenvalue weighted by atomic mass is 14.9. The summed E-state index contributed by atoms with van der Waals surface area (Å²) < 4.78 is 0. The van der Waals surface area contributed by atoms with Gasteiger partial charge in [-0.25, -0.2) is 4.98 Å². The molecule has 0 radical (unpaired) electrons. The van der Waals surface area contributed by atoms with Gasteiger partial charge in [0.05, 0.1) is 22.4 Å². The fraction of sp³-hybridized carbons (Fsp3) is 0. The summed E-state index contributed by atoms with van der Waals surface area (Å²) in [7, 11) is 0. The van der Waals surface area contributed by atoms with Gasteiger partial charge in [0.25, 0.3) is 0 Å². The minimum Gasteiger partial charge on any atom is -0.399 e. The Labute approximate surface area is 104 Å². The molecule has 0 bridgehead atoms. The van der Waals surface area contributed by atoms with Crippen molar-refractivity contribution in [2.75, 3.05) is 17.2 Å². The average molecular weight is 239 g/mol. The summed E-state index contributed by atoms with van der Waals surface area (Å²) in [4.78, 5) is 7.67. The van der Waals surface area contributed by atoms with Gasteiger partial charge in [-0.05, 0) is 30.3 Å². The van der Waals surface area contributed by atoms with Crippen LogP contribution in [0.3, 0.4) is 0 Å². The van der Waals surface area contributed by atoms with Gasteiger partial charge < -0.3 is 22.2 Å². The second kappa shape index (κ2) is 3.66. The summed E-state index contributed by atoms with van der Waals surface area (Å²) >= 11 is 0. The predicted molar refractivity (Wildman–Crippen MR) is 74.8 cm³/mol. The van der Waals surface area contributed by atoms with Crippen molar-refractivity contribution < 1.29 is 0 Å². The lowest BCUT2D eigenvalue weighted by atomic mass is 10.1. The van der Waals surface area contributed by atoms with E-state index in [1.165, 1.54) is 0 Å². The molecule has 0 unspecified atom stereocenters. The van der Waals surface area contributed by atoms with E-state index < -0.39 is 0 Å². The van der Waals surface area contributed by atoms with E-state index in [1.807, 2.05) is 30.3 Å². The molecule has 7 N–H and O–H groups in total. The predicted octanol–water partition coefficient (Wildman–Crippen LogP) is 1.98. The lowest BCUT2D eigenvalue weighted by Gasteiger charge is -2.04.